The average Bonchev–Trinajstić information content (AvgIpc) is 3.65. The summed E-state index contributed by atoms with van der Waals surface area (Å²) in [6.45, 7) is 0. The van der Waals surface area contributed by atoms with Crippen molar-refractivity contribution in [2.45, 2.75) is 0 Å². The second-order valence-electron chi connectivity index (χ2n) is 10.7. The van der Waals surface area contributed by atoms with E-state index in [9.17, 15) is 0 Å². The van der Waals surface area contributed by atoms with Crippen LogP contribution < -0.4 is 0 Å². The highest BCUT2D eigenvalue weighted by molar-refractivity contribution is 7.26. The summed E-state index contributed by atoms with van der Waals surface area (Å²) in [5.41, 5.74) is 5.90. The third kappa shape index (κ3) is 3.92. The first-order chi connectivity index (χ1) is 21.8. The van der Waals surface area contributed by atoms with E-state index in [1.165, 1.54) is 36.5 Å². The van der Waals surface area contributed by atoms with Crippen LogP contribution in [-0.2, 0) is 0 Å². The van der Waals surface area contributed by atoms with Gasteiger partial charge in [0.1, 0.15) is 5.69 Å². The zero-order valence-corrected chi connectivity index (χ0v) is 24.2. The molecule has 9 rings (SSSR count). The number of rotatable bonds is 4. The lowest BCUT2D eigenvalue weighted by Crippen LogP contribution is -2.02. The van der Waals surface area contributed by atoms with Crippen molar-refractivity contribution in [1.29, 1.82) is 0 Å². The maximum atomic E-state index is 4.95. The van der Waals surface area contributed by atoms with Crippen molar-refractivity contribution in [3.8, 4) is 40.0 Å². The molecule has 0 amide bonds. The molecule has 0 saturated heterocycles. The maximum Gasteiger partial charge on any atom is 0.182 e. The van der Waals surface area contributed by atoms with Gasteiger partial charge in [0.15, 0.2) is 17.5 Å². The van der Waals surface area contributed by atoms with Crippen LogP contribution in [0.4, 0.5) is 0 Å². The van der Waals surface area contributed by atoms with Crippen LogP contribution in [0.5, 0.6) is 0 Å². The lowest BCUT2D eigenvalue weighted by Gasteiger charge is -2.11. The molecule has 0 atom stereocenters. The van der Waals surface area contributed by atoms with Gasteiger partial charge in [-0.05, 0) is 30.3 Å². The number of aromatic nitrogens is 5. The van der Waals surface area contributed by atoms with Crippen molar-refractivity contribution in [3.05, 3.63) is 140 Å². The highest BCUT2D eigenvalue weighted by atomic mass is 32.1. The monoisotopic (exact) mass is 581 g/mol. The van der Waals surface area contributed by atoms with Gasteiger partial charge < -0.3 is 4.57 Å². The molecule has 5 nitrogen and oxygen atoms in total. The Hall–Kier alpha value is -5.72. The minimum Gasteiger partial charge on any atom is -0.307 e. The van der Waals surface area contributed by atoms with Crippen LogP contribution >= 0.6 is 11.3 Å². The second-order valence-corrected chi connectivity index (χ2v) is 11.8. The largest absolute Gasteiger partial charge is 0.307 e. The summed E-state index contributed by atoms with van der Waals surface area (Å²) >= 11 is 1.84. The van der Waals surface area contributed by atoms with Crippen LogP contribution in [0.25, 0.3) is 82.0 Å². The zero-order chi connectivity index (χ0) is 29.0. The summed E-state index contributed by atoms with van der Waals surface area (Å²) in [5.74, 6) is 1.78. The average molecular weight is 582 g/mol. The number of nitrogens with zero attached hydrogens (tertiary/aromatic N) is 5. The van der Waals surface area contributed by atoms with E-state index in [1.54, 1.807) is 0 Å². The molecule has 9 aromatic rings. The van der Waals surface area contributed by atoms with Crippen LogP contribution in [0.15, 0.2) is 140 Å². The lowest BCUT2D eigenvalue weighted by atomic mass is 10.1. The normalized spacial score (nSPS) is 11.6. The standard InChI is InChI=1S/C38H23N5S/c1-3-11-24(12-4-1)36-40-37(25-13-5-2-6-14-25)42-38(41-36)30-21-19-26(23-39-30)43-31-17-9-7-15-27(31)28-20-22-33-34(35(28)43)29-16-8-10-18-32(29)44-33/h1-23H. The van der Waals surface area contributed by atoms with Gasteiger partial charge >= 0.3 is 0 Å². The zero-order valence-electron chi connectivity index (χ0n) is 23.4. The first kappa shape index (κ1) is 24.8. The van der Waals surface area contributed by atoms with Gasteiger partial charge in [0.25, 0.3) is 0 Å². The van der Waals surface area contributed by atoms with E-state index in [1.807, 2.05) is 84.3 Å². The summed E-state index contributed by atoms with van der Waals surface area (Å²) in [6, 6.07) is 45.9. The Bertz CT molecular complexity index is 2420. The minimum absolute atomic E-state index is 0.540. The molecule has 0 aliphatic carbocycles. The Labute approximate surface area is 256 Å². The summed E-state index contributed by atoms with van der Waals surface area (Å²) < 4.78 is 4.92. The van der Waals surface area contributed by atoms with Gasteiger partial charge in [0, 0.05) is 42.1 Å². The molecule has 5 aromatic carbocycles. The predicted molar refractivity (Wildman–Crippen MR) is 181 cm³/mol. The van der Waals surface area contributed by atoms with Crippen LogP contribution in [0.2, 0.25) is 0 Å². The third-order valence-electron chi connectivity index (χ3n) is 8.11. The Kier molecular flexibility index (Phi) is 5.61. The molecule has 0 aliphatic heterocycles. The summed E-state index contributed by atoms with van der Waals surface area (Å²) in [6.07, 6.45) is 1.93. The van der Waals surface area contributed by atoms with Crippen LogP contribution in [0, 0.1) is 0 Å². The van der Waals surface area contributed by atoms with Crippen LogP contribution in [0.3, 0.4) is 0 Å². The van der Waals surface area contributed by atoms with Gasteiger partial charge in [-0.25, -0.2) is 15.0 Å². The Balaban J connectivity index is 1.25. The van der Waals surface area contributed by atoms with Gasteiger partial charge in [0.2, 0.25) is 0 Å². The molecule has 44 heavy (non-hydrogen) atoms. The number of benzene rings is 5. The first-order valence-corrected chi connectivity index (χ1v) is 15.3. The number of fused-ring (bicyclic) bond motifs is 7. The Morgan fingerprint density at radius 2 is 1.11 bits per heavy atom. The molecule has 0 fully saturated rings. The molecule has 6 heteroatoms. The number of hydrogen-bond acceptors (Lipinski definition) is 5. The molecule has 0 spiro atoms. The van der Waals surface area contributed by atoms with Gasteiger partial charge in [-0.15, -0.1) is 11.3 Å². The number of thiophene rings is 1. The van der Waals surface area contributed by atoms with E-state index in [0.29, 0.717) is 23.2 Å². The van der Waals surface area contributed by atoms with Gasteiger partial charge in [0.05, 0.1) is 22.9 Å². The molecule has 0 unspecified atom stereocenters. The van der Waals surface area contributed by atoms with E-state index in [4.69, 9.17) is 19.9 Å². The fourth-order valence-corrected chi connectivity index (χ4v) is 7.22. The fourth-order valence-electron chi connectivity index (χ4n) is 6.11. The van der Waals surface area contributed by atoms with Crippen molar-refractivity contribution in [2.24, 2.45) is 0 Å². The first-order valence-electron chi connectivity index (χ1n) is 14.5. The smallest absolute Gasteiger partial charge is 0.182 e. The molecular weight excluding hydrogens is 559 g/mol. The summed E-state index contributed by atoms with van der Waals surface area (Å²) in [4.78, 5) is 19.5. The highest BCUT2D eigenvalue weighted by Crippen LogP contribution is 2.42. The fraction of sp³-hybridized carbons (Fsp3) is 0. The summed E-state index contributed by atoms with van der Waals surface area (Å²) in [5, 5.41) is 5.01. The van der Waals surface area contributed by atoms with Gasteiger partial charge in [-0.3, -0.25) is 4.98 Å². The van der Waals surface area contributed by atoms with E-state index in [-0.39, 0.29) is 0 Å². The van der Waals surface area contributed by atoms with Crippen molar-refractivity contribution in [2.75, 3.05) is 0 Å². The lowest BCUT2D eigenvalue weighted by molar-refractivity contribution is 1.05. The van der Waals surface area contributed by atoms with Gasteiger partial charge in [-0.1, -0.05) is 103 Å². The molecule has 0 bridgehead atoms. The molecular formula is C38H23N5S. The van der Waals surface area contributed by atoms with Crippen molar-refractivity contribution in [3.63, 3.8) is 0 Å². The molecule has 206 valence electrons. The van der Waals surface area contributed by atoms with E-state index < -0.39 is 0 Å². The molecule has 0 radical (unpaired) electrons. The minimum atomic E-state index is 0.540. The molecule has 0 aliphatic rings. The van der Waals surface area contributed by atoms with E-state index in [0.717, 1.165) is 22.3 Å². The molecule has 0 N–H and O–H groups in total. The molecule has 0 saturated carbocycles. The maximum absolute atomic E-state index is 4.95. The highest BCUT2D eigenvalue weighted by Gasteiger charge is 2.19. The summed E-state index contributed by atoms with van der Waals surface area (Å²) in [7, 11) is 0. The topological polar surface area (TPSA) is 56.5 Å². The van der Waals surface area contributed by atoms with Crippen LogP contribution in [0.1, 0.15) is 0 Å². The second kappa shape index (κ2) is 9.93. The van der Waals surface area contributed by atoms with Crippen molar-refractivity contribution in [1.82, 2.24) is 24.5 Å². The van der Waals surface area contributed by atoms with Gasteiger partial charge in [-0.2, -0.15) is 0 Å². The van der Waals surface area contributed by atoms with E-state index >= 15 is 0 Å². The SMILES string of the molecule is c1ccc(-c2nc(-c3ccccc3)nc(-c3ccc(-n4c5ccccc5c5ccc6sc7ccccc7c6c54)cn3)n2)cc1. The number of para-hydroxylation sites is 1. The third-order valence-corrected chi connectivity index (χ3v) is 9.25. The van der Waals surface area contributed by atoms with Crippen LogP contribution in [-0.4, -0.2) is 24.5 Å². The molecule has 4 heterocycles. The number of hydrogen-bond donors (Lipinski definition) is 0. The predicted octanol–water partition coefficient (Wildman–Crippen LogP) is 9.73. The quantitative estimate of drug-likeness (QED) is 0.208. The Morgan fingerprint density at radius 1 is 0.477 bits per heavy atom. The van der Waals surface area contributed by atoms with E-state index in [2.05, 4.69) is 71.3 Å². The molecule has 4 aromatic heterocycles. The number of pyridine rings is 1. The Morgan fingerprint density at radius 3 is 1.82 bits per heavy atom. The van der Waals surface area contributed by atoms with Crippen molar-refractivity contribution >= 4 is 53.3 Å². The van der Waals surface area contributed by atoms with Crippen molar-refractivity contribution < 1.29 is 0 Å².